The molecule has 0 saturated carbocycles. The standard InChI is InChI=1S/C36H26O8/c37-33(38)27-13-5-23(6-14-27)31(24-7-15-28(16-8-24)34(39)40)21-1-2-22(4-3-21)32(25-9-17-29(18-10-25)35(41)42)26-11-19-30(20-12-26)36(43)44/h1-20,31-32H,(H,37,38)(H,39,40)(H,41,42)(H,43,44). The second-order valence-corrected chi connectivity index (χ2v) is 10.2. The van der Waals surface area contributed by atoms with Gasteiger partial charge >= 0.3 is 23.9 Å². The third-order valence-electron chi connectivity index (χ3n) is 7.57. The van der Waals surface area contributed by atoms with E-state index >= 15 is 0 Å². The molecule has 0 unspecified atom stereocenters. The van der Waals surface area contributed by atoms with Crippen LogP contribution in [-0.4, -0.2) is 44.3 Å². The van der Waals surface area contributed by atoms with Crippen molar-refractivity contribution >= 4 is 23.9 Å². The molecule has 0 saturated heterocycles. The van der Waals surface area contributed by atoms with E-state index in [2.05, 4.69) is 0 Å². The predicted octanol–water partition coefficient (Wildman–Crippen LogP) is 6.84. The zero-order valence-electron chi connectivity index (χ0n) is 23.1. The minimum atomic E-state index is -1.04. The quantitative estimate of drug-likeness (QED) is 0.130. The lowest BCUT2D eigenvalue weighted by Crippen LogP contribution is -2.08. The van der Waals surface area contributed by atoms with Gasteiger partial charge in [0.1, 0.15) is 0 Å². The van der Waals surface area contributed by atoms with Crippen LogP contribution in [0.25, 0.3) is 0 Å². The third-order valence-corrected chi connectivity index (χ3v) is 7.57. The van der Waals surface area contributed by atoms with Crippen LogP contribution in [0.1, 0.15) is 86.6 Å². The number of aromatic carboxylic acids is 4. The molecule has 0 aliphatic rings. The summed E-state index contributed by atoms with van der Waals surface area (Å²) in [5, 5.41) is 37.5. The Morgan fingerprint density at radius 3 is 0.568 bits per heavy atom. The van der Waals surface area contributed by atoms with Crippen LogP contribution in [0.15, 0.2) is 121 Å². The van der Waals surface area contributed by atoms with Gasteiger partial charge in [0.05, 0.1) is 22.3 Å². The summed E-state index contributed by atoms with van der Waals surface area (Å²) >= 11 is 0. The van der Waals surface area contributed by atoms with Gasteiger partial charge in [-0.25, -0.2) is 19.2 Å². The molecule has 4 N–H and O–H groups in total. The van der Waals surface area contributed by atoms with Crippen LogP contribution in [0.3, 0.4) is 0 Å². The Morgan fingerprint density at radius 1 is 0.295 bits per heavy atom. The van der Waals surface area contributed by atoms with Crippen LogP contribution in [0.4, 0.5) is 0 Å². The molecule has 0 aliphatic heterocycles. The van der Waals surface area contributed by atoms with E-state index in [0.717, 1.165) is 33.4 Å². The van der Waals surface area contributed by atoms with Gasteiger partial charge in [0.15, 0.2) is 0 Å². The molecule has 44 heavy (non-hydrogen) atoms. The smallest absolute Gasteiger partial charge is 0.335 e. The minimum Gasteiger partial charge on any atom is -0.478 e. The van der Waals surface area contributed by atoms with Crippen molar-refractivity contribution in [2.24, 2.45) is 0 Å². The number of hydrogen-bond acceptors (Lipinski definition) is 4. The average Bonchev–Trinajstić information content (AvgIpc) is 3.03. The highest BCUT2D eigenvalue weighted by Gasteiger charge is 2.22. The first-order chi connectivity index (χ1) is 21.1. The highest BCUT2D eigenvalue weighted by atomic mass is 16.4. The van der Waals surface area contributed by atoms with Crippen molar-refractivity contribution in [1.82, 2.24) is 0 Å². The van der Waals surface area contributed by atoms with Crippen molar-refractivity contribution < 1.29 is 39.6 Å². The second-order valence-electron chi connectivity index (χ2n) is 10.2. The minimum absolute atomic E-state index is 0.148. The molecule has 0 amide bonds. The van der Waals surface area contributed by atoms with Gasteiger partial charge in [-0.2, -0.15) is 0 Å². The molecule has 8 heteroatoms. The third kappa shape index (κ3) is 6.24. The van der Waals surface area contributed by atoms with Gasteiger partial charge in [0, 0.05) is 11.8 Å². The van der Waals surface area contributed by atoms with E-state index < -0.39 is 23.9 Å². The first kappa shape index (κ1) is 29.5. The first-order valence-corrected chi connectivity index (χ1v) is 13.5. The molecule has 0 spiro atoms. The van der Waals surface area contributed by atoms with E-state index in [0.29, 0.717) is 0 Å². The molecule has 0 radical (unpaired) electrons. The fraction of sp³-hybridized carbons (Fsp3) is 0.0556. The Labute approximate surface area is 252 Å². The van der Waals surface area contributed by atoms with Crippen LogP contribution in [0, 0.1) is 0 Å². The van der Waals surface area contributed by atoms with Gasteiger partial charge in [-0.05, 0) is 81.9 Å². The molecule has 8 nitrogen and oxygen atoms in total. The van der Waals surface area contributed by atoms with Crippen molar-refractivity contribution in [3.05, 3.63) is 177 Å². The molecule has 0 bridgehead atoms. The number of benzene rings is 5. The molecule has 5 rings (SSSR count). The SMILES string of the molecule is O=C(O)c1ccc(C(c2ccc(C(=O)O)cc2)c2ccc(C(c3ccc(C(=O)O)cc3)c3ccc(C(=O)O)cc3)cc2)cc1. The summed E-state index contributed by atoms with van der Waals surface area (Å²) in [6.45, 7) is 0. The molecular formula is C36H26O8. The van der Waals surface area contributed by atoms with Crippen LogP contribution in [0.5, 0.6) is 0 Å². The second kappa shape index (κ2) is 12.5. The maximum absolute atomic E-state index is 11.4. The Morgan fingerprint density at radius 2 is 0.432 bits per heavy atom. The normalized spacial score (nSPS) is 11.0. The van der Waals surface area contributed by atoms with Crippen molar-refractivity contribution in [1.29, 1.82) is 0 Å². The van der Waals surface area contributed by atoms with E-state index in [1.54, 1.807) is 48.5 Å². The van der Waals surface area contributed by atoms with E-state index in [4.69, 9.17) is 0 Å². The number of carboxylic acids is 4. The molecule has 0 aliphatic carbocycles. The summed E-state index contributed by atoms with van der Waals surface area (Å²) in [4.78, 5) is 45.8. The van der Waals surface area contributed by atoms with Crippen LogP contribution < -0.4 is 0 Å². The van der Waals surface area contributed by atoms with Gasteiger partial charge < -0.3 is 20.4 Å². The summed E-state index contributed by atoms with van der Waals surface area (Å²) in [5.74, 6) is -4.83. The van der Waals surface area contributed by atoms with Gasteiger partial charge in [0.2, 0.25) is 0 Å². The molecular weight excluding hydrogens is 560 g/mol. The summed E-state index contributed by atoms with van der Waals surface area (Å²) in [6, 6.07) is 33.9. The highest BCUT2D eigenvalue weighted by molar-refractivity contribution is 5.89. The van der Waals surface area contributed by atoms with Gasteiger partial charge in [0.25, 0.3) is 0 Å². The Balaban J connectivity index is 1.58. The maximum Gasteiger partial charge on any atom is 0.335 e. The Bertz CT molecular complexity index is 1570. The van der Waals surface area contributed by atoms with E-state index in [9.17, 15) is 39.6 Å². The highest BCUT2D eigenvalue weighted by Crippen LogP contribution is 2.36. The Kier molecular flexibility index (Phi) is 8.35. The average molecular weight is 587 g/mol. The fourth-order valence-corrected chi connectivity index (χ4v) is 5.31. The summed E-state index contributed by atoms with van der Waals surface area (Å²) < 4.78 is 0. The predicted molar refractivity (Wildman–Crippen MR) is 162 cm³/mol. The molecule has 218 valence electrons. The largest absolute Gasteiger partial charge is 0.478 e. The van der Waals surface area contributed by atoms with Crippen LogP contribution in [-0.2, 0) is 0 Å². The zero-order chi connectivity index (χ0) is 31.4. The number of carbonyl (C=O) groups is 4. The molecule has 5 aromatic carbocycles. The lowest BCUT2D eigenvalue weighted by molar-refractivity contribution is 0.0686. The number of rotatable bonds is 10. The maximum atomic E-state index is 11.4. The van der Waals surface area contributed by atoms with Crippen molar-refractivity contribution in [2.75, 3.05) is 0 Å². The lowest BCUT2D eigenvalue weighted by Gasteiger charge is -2.22. The fourth-order valence-electron chi connectivity index (χ4n) is 5.31. The molecule has 0 heterocycles. The monoisotopic (exact) mass is 586 g/mol. The van der Waals surface area contributed by atoms with Crippen molar-refractivity contribution in [2.45, 2.75) is 11.8 Å². The summed E-state index contributed by atoms with van der Waals surface area (Å²) in [6.07, 6.45) is 0. The van der Waals surface area contributed by atoms with Crippen molar-refractivity contribution in [3.63, 3.8) is 0 Å². The van der Waals surface area contributed by atoms with Gasteiger partial charge in [-0.15, -0.1) is 0 Å². The zero-order valence-corrected chi connectivity index (χ0v) is 23.1. The van der Waals surface area contributed by atoms with Crippen LogP contribution >= 0.6 is 0 Å². The van der Waals surface area contributed by atoms with E-state index in [1.807, 2.05) is 24.3 Å². The Hall–Kier alpha value is -6.02. The summed E-state index contributed by atoms with van der Waals surface area (Å²) in [7, 11) is 0. The molecule has 0 aromatic heterocycles. The molecule has 5 aromatic rings. The van der Waals surface area contributed by atoms with E-state index in [-0.39, 0.29) is 34.1 Å². The molecule has 0 fully saturated rings. The summed E-state index contributed by atoms with van der Waals surface area (Å²) in [5.41, 5.74) is 5.61. The van der Waals surface area contributed by atoms with Gasteiger partial charge in [-0.3, -0.25) is 0 Å². The van der Waals surface area contributed by atoms with Gasteiger partial charge in [-0.1, -0.05) is 72.8 Å². The lowest BCUT2D eigenvalue weighted by atomic mass is 9.81. The topological polar surface area (TPSA) is 149 Å². The molecule has 0 atom stereocenters. The van der Waals surface area contributed by atoms with E-state index in [1.165, 1.54) is 48.5 Å². The number of carboxylic acid groups (broad SMARTS) is 4. The number of hydrogen-bond donors (Lipinski definition) is 4. The van der Waals surface area contributed by atoms with Crippen molar-refractivity contribution in [3.8, 4) is 0 Å². The van der Waals surface area contributed by atoms with Crippen LogP contribution in [0.2, 0.25) is 0 Å². The first-order valence-electron chi connectivity index (χ1n) is 13.5.